The van der Waals surface area contributed by atoms with Crippen molar-refractivity contribution in [3.63, 3.8) is 0 Å². The number of alkyl halides is 2. The molecule has 1 aromatic heterocycles. The number of nitrogens with zero attached hydrogens (tertiary/aromatic N) is 3. The maximum atomic E-state index is 13.3. The van der Waals surface area contributed by atoms with Crippen LogP contribution in [0.3, 0.4) is 0 Å². The number of amides is 1. The standard InChI is InChI=1S/C22H18F2N4O2/c1-14(21(30)26-18-9-7-17(8-10-18)22(2,23)24)28-20(29)12-11-19(27-28)16-5-3-15(13-25)4-6-16/h3-12,14H,1-2H3,(H,26,30). The summed E-state index contributed by atoms with van der Waals surface area (Å²) in [4.78, 5) is 24.8. The summed E-state index contributed by atoms with van der Waals surface area (Å²) < 4.78 is 27.7. The number of carbonyl (C=O) groups is 1. The molecule has 0 saturated carbocycles. The maximum absolute atomic E-state index is 13.3. The number of aromatic nitrogens is 2. The molecule has 1 N–H and O–H groups in total. The van der Waals surface area contributed by atoms with Gasteiger partial charge in [0.05, 0.1) is 17.3 Å². The highest BCUT2D eigenvalue weighted by Gasteiger charge is 2.24. The first-order chi connectivity index (χ1) is 14.2. The molecule has 0 radical (unpaired) electrons. The lowest BCUT2D eigenvalue weighted by Crippen LogP contribution is -2.33. The zero-order valence-electron chi connectivity index (χ0n) is 16.3. The Hall–Kier alpha value is -3.86. The smallest absolute Gasteiger partial charge is 0.270 e. The van der Waals surface area contributed by atoms with Gasteiger partial charge < -0.3 is 5.32 Å². The Balaban J connectivity index is 1.81. The fourth-order valence-corrected chi connectivity index (χ4v) is 2.78. The lowest BCUT2D eigenvalue weighted by Gasteiger charge is -2.16. The van der Waals surface area contributed by atoms with Gasteiger partial charge in [-0.25, -0.2) is 13.5 Å². The molecule has 1 heterocycles. The van der Waals surface area contributed by atoms with Crippen LogP contribution in [0, 0.1) is 11.3 Å². The number of hydrogen-bond acceptors (Lipinski definition) is 4. The van der Waals surface area contributed by atoms with Gasteiger partial charge in [0.15, 0.2) is 0 Å². The van der Waals surface area contributed by atoms with Crippen molar-refractivity contribution in [1.29, 1.82) is 5.26 Å². The lowest BCUT2D eigenvalue weighted by molar-refractivity contribution is -0.119. The number of benzene rings is 2. The number of anilines is 1. The third-order valence-corrected chi connectivity index (χ3v) is 4.54. The third kappa shape index (κ3) is 4.58. The van der Waals surface area contributed by atoms with Gasteiger partial charge in [-0.2, -0.15) is 10.4 Å². The van der Waals surface area contributed by atoms with Gasteiger partial charge in [-0.05, 0) is 37.3 Å². The largest absolute Gasteiger partial charge is 0.324 e. The Kier molecular flexibility index (Phi) is 5.74. The molecule has 1 unspecified atom stereocenters. The van der Waals surface area contributed by atoms with E-state index in [0.29, 0.717) is 22.5 Å². The van der Waals surface area contributed by atoms with Crippen molar-refractivity contribution < 1.29 is 13.6 Å². The van der Waals surface area contributed by atoms with E-state index in [1.165, 1.54) is 43.3 Å². The molecule has 0 aliphatic carbocycles. The van der Waals surface area contributed by atoms with E-state index in [1.54, 1.807) is 24.3 Å². The van der Waals surface area contributed by atoms with Crippen molar-refractivity contribution in [2.75, 3.05) is 5.32 Å². The Labute approximate surface area is 171 Å². The zero-order valence-corrected chi connectivity index (χ0v) is 16.3. The molecule has 0 aliphatic rings. The second kappa shape index (κ2) is 8.25. The quantitative estimate of drug-likeness (QED) is 0.689. The molecule has 2 aromatic carbocycles. The molecule has 3 aromatic rings. The first kappa shape index (κ1) is 20.9. The molecule has 0 aliphatic heterocycles. The summed E-state index contributed by atoms with van der Waals surface area (Å²) >= 11 is 0. The van der Waals surface area contributed by atoms with Gasteiger partial charge in [-0.1, -0.05) is 24.3 Å². The van der Waals surface area contributed by atoms with Crippen molar-refractivity contribution in [1.82, 2.24) is 9.78 Å². The van der Waals surface area contributed by atoms with Crippen LogP contribution in [0.1, 0.15) is 31.0 Å². The van der Waals surface area contributed by atoms with Crippen molar-refractivity contribution in [2.24, 2.45) is 0 Å². The first-order valence-electron chi connectivity index (χ1n) is 9.08. The van der Waals surface area contributed by atoms with Crippen LogP contribution in [0.4, 0.5) is 14.5 Å². The number of carbonyl (C=O) groups excluding carboxylic acids is 1. The van der Waals surface area contributed by atoms with E-state index >= 15 is 0 Å². The number of hydrogen-bond donors (Lipinski definition) is 1. The maximum Gasteiger partial charge on any atom is 0.270 e. The van der Waals surface area contributed by atoms with E-state index in [0.717, 1.165) is 11.6 Å². The monoisotopic (exact) mass is 408 g/mol. The summed E-state index contributed by atoms with van der Waals surface area (Å²) in [6.07, 6.45) is 0. The minimum Gasteiger partial charge on any atom is -0.324 e. The predicted molar refractivity (Wildman–Crippen MR) is 108 cm³/mol. The molecule has 0 fully saturated rings. The van der Waals surface area contributed by atoms with Crippen molar-refractivity contribution in [3.05, 3.63) is 82.1 Å². The fraction of sp³-hybridized carbons (Fsp3) is 0.182. The van der Waals surface area contributed by atoms with Crippen LogP contribution in [0.5, 0.6) is 0 Å². The normalized spacial score (nSPS) is 12.1. The zero-order chi connectivity index (χ0) is 21.9. The average molecular weight is 408 g/mol. The summed E-state index contributed by atoms with van der Waals surface area (Å²) in [5.41, 5.74) is 1.35. The Morgan fingerprint density at radius 3 is 2.30 bits per heavy atom. The van der Waals surface area contributed by atoms with E-state index in [1.807, 2.05) is 6.07 Å². The van der Waals surface area contributed by atoms with Crippen LogP contribution < -0.4 is 10.9 Å². The average Bonchev–Trinajstić information content (AvgIpc) is 2.73. The van der Waals surface area contributed by atoms with Crippen molar-refractivity contribution in [3.8, 4) is 17.3 Å². The van der Waals surface area contributed by atoms with Gasteiger partial charge in [-0.15, -0.1) is 0 Å². The van der Waals surface area contributed by atoms with Crippen molar-refractivity contribution >= 4 is 11.6 Å². The molecule has 1 amide bonds. The molecular weight excluding hydrogens is 390 g/mol. The molecule has 6 nitrogen and oxygen atoms in total. The molecular formula is C22H18F2N4O2. The number of rotatable bonds is 5. The SMILES string of the molecule is CC(C(=O)Nc1ccc(C(C)(F)F)cc1)n1nc(-c2ccc(C#N)cc2)ccc1=O. The van der Waals surface area contributed by atoms with Crippen LogP contribution in [0.25, 0.3) is 11.3 Å². The number of nitriles is 1. The molecule has 0 bridgehead atoms. The molecule has 0 saturated heterocycles. The Bertz CT molecular complexity index is 1160. The highest BCUT2D eigenvalue weighted by atomic mass is 19.3. The molecule has 152 valence electrons. The van der Waals surface area contributed by atoms with Gasteiger partial charge in [0.2, 0.25) is 5.91 Å². The van der Waals surface area contributed by atoms with Gasteiger partial charge in [0, 0.05) is 29.8 Å². The van der Waals surface area contributed by atoms with E-state index < -0.39 is 23.4 Å². The van der Waals surface area contributed by atoms with Crippen molar-refractivity contribution in [2.45, 2.75) is 25.8 Å². The number of halogens is 2. The molecule has 3 rings (SSSR count). The summed E-state index contributed by atoms with van der Waals surface area (Å²) in [5.74, 6) is -3.49. The minimum atomic E-state index is -2.97. The van der Waals surface area contributed by atoms with Crippen LogP contribution in [-0.4, -0.2) is 15.7 Å². The Morgan fingerprint density at radius 1 is 1.10 bits per heavy atom. The predicted octanol–water partition coefficient (Wildman–Crippen LogP) is 4.09. The molecule has 1 atom stereocenters. The second-order valence-electron chi connectivity index (χ2n) is 6.82. The minimum absolute atomic E-state index is 0.165. The van der Waals surface area contributed by atoms with Gasteiger partial charge in [0.1, 0.15) is 6.04 Å². The first-order valence-corrected chi connectivity index (χ1v) is 9.08. The van der Waals surface area contributed by atoms with E-state index in [4.69, 9.17) is 5.26 Å². The van der Waals surface area contributed by atoms with E-state index in [9.17, 15) is 18.4 Å². The molecule has 30 heavy (non-hydrogen) atoms. The molecule has 0 spiro atoms. The van der Waals surface area contributed by atoms with Crippen LogP contribution >= 0.6 is 0 Å². The van der Waals surface area contributed by atoms with Gasteiger partial charge in [-0.3, -0.25) is 9.59 Å². The second-order valence-corrected chi connectivity index (χ2v) is 6.82. The lowest BCUT2D eigenvalue weighted by atomic mass is 10.1. The van der Waals surface area contributed by atoms with Gasteiger partial charge >= 0.3 is 0 Å². The van der Waals surface area contributed by atoms with Crippen LogP contribution in [0.15, 0.2) is 65.5 Å². The summed E-state index contributed by atoms with van der Waals surface area (Å²) in [6.45, 7) is 2.31. The van der Waals surface area contributed by atoms with Gasteiger partial charge in [0.25, 0.3) is 11.5 Å². The number of nitrogens with one attached hydrogen (secondary N) is 1. The summed E-state index contributed by atoms with van der Waals surface area (Å²) in [5, 5.41) is 15.8. The van der Waals surface area contributed by atoms with Crippen LogP contribution in [-0.2, 0) is 10.7 Å². The van der Waals surface area contributed by atoms with E-state index in [2.05, 4.69) is 10.4 Å². The third-order valence-electron chi connectivity index (χ3n) is 4.54. The summed E-state index contributed by atoms with van der Waals surface area (Å²) in [6, 6.07) is 15.8. The van der Waals surface area contributed by atoms with E-state index in [-0.39, 0.29) is 5.56 Å². The summed E-state index contributed by atoms with van der Waals surface area (Å²) in [7, 11) is 0. The fourth-order valence-electron chi connectivity index (χ4n) is 2.78. The molecule has 8 heteroatoms. The topological polar surface area (TPSA) is 87.8 Å². The Morgan fingerprint density at radius 2 is 1.73 bits per heavy atom. The highest BCUT2D eigenvalue weighted by molar-refractivity contribution is 5.93. The highest BCUT2D eigenvalue weighted by Crippen LogP contribution is 2.27. The van der Waals surface area contributed by atoms with Crippen LogP contribution in [0.2, 0.25) is 0 Å².